The number of ether oxygens (including phenoxy) is 1. The minimum atomic E-state index is -0.0258. The van der Waals surface area contributed by atoms with Gasteiger partial charge < -0.3 is 15.4 Å². The van der Waals surface area contributed by atoms with E-state index in [1.54, 1.807) is 4.68 Å². The summed E-state index contributed by atoms with van der Waals surface area (Å²) in [6.07, 6.45) is 3.57. The van der Waals surface area contributed by atoms with E-state index >= 15 is 0 Å². The Balaban J connectivity index is 1.77. The van der Waals surface area contributed by atoms with Crippen LogP contribution in [-0.2, 0) is 22.6 Å². The van der Waals surface area contributed by atoms with Crippen LogP contribution in [0.15, 0.2) is 6.20 Å². The fourth-order valence-corrected chi connectivity index (χ4v) is 2.11. The summed E-state index contributed by atoms with van der Waals surface area (Å²) in [4.78, 5) is 12.0. The van der Waals surface area contributed by atoms with Crippen molar-refractivity contribution in [2.45, 2.75) is 58.3 Å². The van der Waals surface area contributed by atoms with Crippen LogP contribution in [0.4, 0.5) is 0 Å². The Kier molecular flexibility index (Phi) is 5.30. The molecule has 0 bridgehead atoms. The second-order valence-electron chi connectivity index (χ2n) is 6.47. The molecule has 0 saturated carbocycles. The van der Waals surface area contributed by atoms with Gasteiger partial charge in [0.25, 0.3) is 0 Å². The Morgan fingerprint density at radius 3 is 2.81 bits per heavy atom. The summed E-state index contributed by atoms with van der Waals surface area (Å²) in [6, 6.07) is 0.219. The molecule has 1 aliphatic heterocycles. The quantitative estimate of drug-likeness (QED) is 0.825. The third kappa shape index (κ3) is 5.81. The Hall–Kier alpha value is -1.47. The van der Waals surface area contributed by atoms with Gasteiger partial charge in [-0.25, -0.2) is 4.68 Å². The van der Waals surface area contributed by atoms with Crippen molar-refractivity contribution in [3.8, 4) is 0 Å². The number of aromatic nitrogens is 3. The second-order valence-corrected chi connectivity index (χ2v) is 6.47. The molecule has 0 aliphatic carbocycles. The van der Waals surface area contributed by atoms with Gasteiger partial charge in [-0.1, -0.05) is 5.21 Å². The first-order valence-corrected chi connectivity index (χ1v) is 7.43. The van der Waals surface area contributed by atoms with Crippen LogP contribution in [0.25, 0.3) is 0 Å². The van der Waals surface area contributed by atoms with E-state index in [1.165, 1.54) is 0 Å². The lowest BCUT2D eigenvalue weighted by Gasteiger charge is -2.22. The zero-order valence-corrected chi connectivity index (χ0v) is 13.1. The van der Waals surface area contributed by atoms with Crippen LogP contribution in [-0.4, -0.2) is 45.7 Å². The van der Waals surface area contributed by atoms with Crippen molar-refractivity contribution in [1.29, 1.82) is 0 Å². The molecule has 0 unspecified atom stereocenters. The summed E-state index contributed by atoms with van der Waals surface area (Å²) < 4.78 is 6.85. The van der Waals surface area contributed by atoms with Crippen LogP contribution in [0.1, 0.15) is 39.3 Å². The fourth-order valence-electron chi connectivity index (χ4n) is 2.11. The number of hydrogen-bond donors (Lipinski definition) is 2. The molecule has 1 amide bonds. The molecule has 2 rings (SSSR count). The molecule has 0 spiro atoms. The van der Waals surface area contributed by atoms with Crippen LogP contribution in [0, 0.1) is 0 Å². The number of nitrogens with zero attached hydrogens (tertiary/aromatic N) is 3. The summed E-state index contributed by atoms with van der Waals surface area (Å²) in [5.41, 5.74) is 0.869. The first kappa shape index (κ1) is 15.9. The molecule has 2 N–H and O–H groups in total. The zero-order chi connectivity index (χ0) is 15.3. The average Bonchev–Trinajstić information content (AvgIpc) is 2.84. The highest BCUT2D eigenvalue weighted by molar-refractivity contribution is 5.75. The molecule has 0 radical (unpaired) electrons. The van der Waals surface area contributed by atoms with Crippen molar-refractivity contribution in [2.75, 3.05) is 13.2 Å². The van der Waals surface area contributed by atoms with Crippen LogP contribution in [0.2, 0.25) is 0 Å². The number of nitrogens with one attached hydrogen (secondary N) is 2. The van der Waals surface area contributed by atoms with E-state index in [1.807, 2.05) is 6.20 Å². The van der Waals surface area contributed by atoms with Gasteiger partial charge in [0.2, 0.25) is 5.91 Å². The lowest BCUT2D eigenvalue weighted by Crippen LogP contribution is -2.40. The topological polar surface area (TPSA) is 81.1 Å². The maximum absolute atomic E-state index is 12.0. The SMILES string of the molecule is CC(C)(C)NCc1cn(CC(=O)NC2CCOCC2)nn1. The minimum Gasteiger partial charge on any atom is -0.381 e. The summed E-state index contributed by atoms with van der Waals surface area (Å²) in [5.74, 6) is -0.0258. The predicted octanol–water partition coefficient (Wildman–Crippen LogP) is 0.461. The summed E-state index contributed by atoms with van der Waals surface area (Å²) >= 11 is 0. The predicted molar refractivity (Wildman–Crippen MR) is 78.6 cm³/mol. The lowest BCUT2D eigenvalue weighted by molar-refractivity contribution is -0.123. The molecular formula is C14H25N5O2. The first-order valence-electron chi connectivity index (χ1n) is 7.43. The molecule has 21 heavy (non-hydrogen) atoms. The second kappa shape index (κ2) is 7.00. The molecule has 7 heteroatoms. The van der Waals surface area contributed by atoms with Crippen molar-refractivity contribution in [2.24, 2.45) is 0 Å². The van der Waals surface area contributed by atoms with Crippen LogP contribution >= 0.6 is 0 Å². The van der Waals surface area contributed by atoms with Gasteiger partial charge >= 0.3 is 0 Å². The van der Waals surface area contributed by atoms with Crippen molar-refractivity contribution in [3.05, 3.63) is 11.9 Å². The van der Waals surface area contributed by atoms with Gasteiger partial charge in [0.05, 0.1) is 11.9 Å². The van der Waals surface area contributed by atoms with Crippen molar-refractivity contribution in [1.82, 2.24) is 25.6 Å². The molecule has 7 nitrogen and oxygen atoms in total. The summed E-state index contributed by atoms with van der Waals surface area (Å²) in [5, 5.41) is 14.4. The van der Waals surface area contributed by atoms with Gasteiger partial charge in [0, 0.05) is 31.3 Å². The van der Waals surface area contributed by atoms with E-state index in [9.17, 15) is 4.79 Å². The normalized spacial score (nSPS) is 16.9. The fraction of sp³-hybridized carbons (Fsp3) is 0.786. The van der Waals surface area contributed by atoms with E-state index in [4.69, 9.17) is 4.74 Å². The number of carbonyl (C=O) groups is 1. The van der Waals surface area contributed by atoms with Gasteiger partial charge in [-0.05, 0) is 33.6 Å². The van der Waals surface area contributed by atoms with Crippen molar-refractivity contribution in [3.63, 3.8) is 0 Å². The highest BCUT2D eigenvalue weighted by Gasteiger charge is 2.16. The molecule has 1 aliphatic rings. The first-order chi connectivity index (χ1) is 9.92. The van der Waals surface area contributed by atoms with Gasteiger partial charge in [-0.3, -0.25) is 4.79 Å². The van der Waals surface area contributed by atoms with Gasteiger partial charge in [0.1, 0.15) is 6.54 Å². The number of rotatable bonds is 5. The summed E-state index contributed by atoms with van der Waals surface area (Å²) in [6.45, 7) is 8.58. The number of carbonyl (C=O) groups excluding carboxylic acids is 1. The molecule has 0 aromatic carbocycles. The van der Waals surface area contributed by atoms with Crippen LogP contribution in [0.3, 0.4) is 0 Å². The maximum atomic E-state index is 12.0. The number of amides is 1. The van der Waals surface area contributed by atoms with Gasteiger partial charge in [-0.2, -0.15) is 0 Å². The molecule has 2 heterocycles. The highest BCUT2D eigenvalue weighted by Crippen LogP contribution is 2.06. The highest BCUT2D eigenvalue weighted by atomic mass is 16.5. The Bertz CT molecular complexity index is 460. The Labute approximate surface area is 125 Å². The van der Waals surface area contributed by atoms with Crippen LogP contribution < -0.4 is 10.6 Å². The standard InChI is InChI=1S/C14H25N5O2/c1-14(2,3)15-8-12-9-19(18-17-12)10-13(20)16-11-4-6-21-7-5-11/h9,11,15H,4-8,10H2,1-3H3,(H,16,20). The van der Waals surface area contributed by atoms with E-state index in [2.05, 4.69) is 41.7 Å². The van der Waals surface area contributed by atoms with Crippen molar-refractivity contribution >= 4 is 5.91 Å². The molecular weight excluding hydrogens is 270 g/mol. The van der Waals surface area contributed by atoms with E-state index in [0.29, 0.717) is 6.54 Å². The van der Waals surface area contributed by atoms with Gasteiger partial charge in [-0.15, -0.1) is 5.10 Å². The third-order valence-corrected chi connectivity index (χ3v) is 3.28. The Morgan fingerprint density at radius 1 is 1.43 bits per heavy atom. The minimum absolute atomic E-state index is 0.0258. The van der Waals surface area contributed by atoms with E-state index in [-0.39, 0.29) is 24.0 Å². The Morgan fingerprint density at radius 2 is 2.14 bits per heavy atom. The van der Waals surface area contributed by atoms with Crippen LogP contribution in [0.5, 0.6) is 0 Å². The maximum Gasteiger partial charge on any atom is 0.242 e. The van der Waals surface area contributed by atoms with Crippen molar-refractivity contribution < 1.29 is 9.53 Å². The molecule has 118 valence electrons. The zero-order valence-electron chi connectivity index (χ0n) is 13.1. The summed E-state index contributed by atoms with van der Waals surface area (Å²) in [7, 11) is 0. The molecule has 1 fully saturated rings. The number of hydrogen-bond acceptors (Lipinski definition) is 5. The molecule has 1 aromatic rings. The molecule has 1 saturated heterocycles. The molecule has 0 atom stereocenters. The monoisotopic (exact) mass is 295 g/mol. The lowest BCUT2D eigenvalue weighted by atomic mass is 10.1. The average molecular weight is 295 g/mol. The van der Waals surface area contributed by atoms with E-state index in [0.717, 1.165) is 31.7 Å². The molecule has 1 aromatic heterocycles. The van der Waals surface area contributed by atoms with Gasteiger partial charge in [0.15, 0.2) is 0 Å². The smallest absolute Gasteiger partial charge is 0.242 e. The third-order valence-electron chi connectivity index (χ3n) is 3.28. The van der Waals surface area contributed by atoms with E-state index < -0.39 is 0 Å². The largest absolute Gasteiger partial charge is 0.381 e.